The van der Waals surface area contributed by atoms with E-state index >= 15 is 0 Å². The van der Waals surface area contributed by atoms with Crippen molar-refractivity contribution in [3.8, 4) is 0 Å². The lowest BCUT2D eigenvalue weighted by atomic mass is 10.1. The van der Waals surface area contributed by atoms with Gasteiger partial charge in [-0.2, -0.15) is 17.4 Å². The minimum atomic E-state index is -3.80. The Hall–Kier alpha value is -2.26. The first-order valence-corrected chi connectivity index (χ1v) is 11.1. The van der Waals surface area contributed by atoms with E-state index in [9.17, 15) is 13.2 Å². The molecule has 0 unspecified atom stereocenters. The van der Waals surface area contributed by atoms with Crippen LogP contribution in [0.3, 0.4) is 0 Å². The molecule has 0 bridgehead atoms. The highest BCUT2D eigenvalue weighted by molar-refractivity contribution is 7.87. The molecule has 0 saturated carbocycles. The van der Waals surface area contributed by atoms with Gasteiger partial charge in [-0.1, -0.05) is 60.7 Å². The van der Waals surface area contributed by atoms with Crippen LogP contribution in [0.2, 0.25) is 0 Å². The van der Waals surface area contributed by atoms with Gasteiger partial charge in [0.15, 0.2) is 0 Å². The molecule has 0 amide bonds. The summed E-state index contributed by atoms with van der Waals surface area (Å²) >= 11 is 0. The average Bonchev–Trinajstić information content (AvgIpc) is 2.73. The third-order valence-electron chi connectivity index (χ3n) is 4.88. The lowest BCUT2D eigenvalue weighted by Crippen LogP contribution is -2.54. The smallest absolute Gasteiger partial charge is 0.324 e. The van der Waals surface area contributed by atoms with Gasteiger partial charge in [0.25, 0.3) is 10.2 Å². The van der Waals surface area contributed by atoms with Gasteiger partial charge in [0.1, 0.15) is 12.6 Å². The zero-order valence-corrected chi connectivity index (χ0v) is 17.3. The number of likely N-dealkylation sites (N-methyl/N-ethyl adjacent to an activating group) is 1. The fourth-order valence-corrected chi connectivity index (χ4v) is 4.47. The minimum absolute atomic E-state index is 0.0984. The number of hydrogen-bond acceptors (Lipinski definition) is 5. The van der Waals surface area contributed by atoms with E-state index in [0.29, 0.717) is 26.2 Å². The molecular weight excluding hydrogens is 390 g/mol. The second-order valence-corrected chi connectivity index (χ2v) is 8.86. The van der Waals surface area contributed by atoms with Gasteiger partial charge >= 0.3 is 5.97 Å². The zero-order chi connectivity index (χ0) is 20.7. The second kappa shape index (κ2) is 9.98. The summed E-state index contributed by atoms with van der Waals surface area (Å²) in [6, 6.07) is 17.6. The molecule has 0 aliphatic carbocycles. The van der Waals surface area contributed by atoms with Gasteiger partial charge in [-0.05, 0) is 24.6 Å². The van der Waals surface area contributed by atoms with Crippen LogP contribution in [-0.2, 0) is 32.8 Å². The van der Waals surface area contributed by atoms with Crippen LogP contribution < -0.4 is 4.72 Å². The fourth-order valence-electron chi connectivity index (χ4n) is 3.13. The normalized spacial score (nSPS) is 17.0. The molecule has 2 aromatic carbocycles. The van der Waals surface area contributed by atoms with Crippen LogP contribution in [0.4, 0.5) is 0 Å². The van der Waals surface area contributed by atoms with E-state index < -0.39 is 22.2 Å². The van der Waals surface area contributed by atoms with Crippen LogP contribution in [0.5, 0.6) is 0 Å². The topological polar surface area (TPSA) is 79.0 Å². The molecule has 1 fully saturated rings. The van der Waals surface area contributed by atoms with Crippen molar-refractivity contribution in [3.05, 3.63) is 71.8 Å². The first kappa shape index (κ1) is 21.4. The van der Waals surface area contributed by atoms with Crippen molar-refractivity contribution in [2.24, 2.45) is 0 Å². The lowest BCUT2D eigenvalue weighted by molar-refractivity contribution is -0.147. The second-order valence-electron chi connectivity index (χ2n) is 7.16. The van der Waals surface area contributed by atoms with E-state index in [0.717, 1.165) is 11.1 Å². The van der Waals surface area contributed by atoms with Crippen molar-refractivity contribution >= 4 is 16.2 Å². The number of ether oxygens (including phenoxy) is 1. The fraction of sp³-hybridized carbons (Fsp3) is 0.381. The van der Waals surface area contributed by atoms with E-state index in [2.05, 4.69) is 9.62 Å². The Labute approximate surface area is 172 Å². The van der Waals surface area contributed by atoms with Crippen molar-refractivity contribution in [2.45, 2.75) is 19.1 Å². The van der Waals surface area contributed by atoms with E-state index in [1.165, 1.54) is 4.31 Å². The molecule has 1 heterocycles. The van der Waals surface area contributed by atoms with E-state index in [1.807, 2.05) is 67.7 Å². The summed E-state index contributed by atoms with van der Waals surface area (Å²) in [5, 5.41) is 0. The highest BCUT2D eigenvalue weighted by atomic mass is 32.2. The van der Waals surface area contributed by atoms with Crippen LogP contribution in [-0.4, -0.2) is 62.9 Å². The molecule has 2 aromatic rings. The number of carbonyl (C=O) groups excluding carboxylic acids is 1. The Morgan fingerprint density at radius 3 is 2.10 bits per heavy atom. The summed E-state index contributed by atoms with van der Waals surface area (Å²) in [5.41, 5.74) is 1.71. The van der Waals surface area contributed by atoms with Crippen molar-refractivity contribution in [1.82, 2.24) is 13.9 Å². The predicted molar refractivity (Wildman–Crippen MR) is 111 cm³/mol. The quantitative estimate of drug-likeness (QED) is 0.658. The SMILES string of the molecule is CN1CCN(S(=O)(=O)N[C@@H](Cc2ccccc2)C(=O)OCc2ccccc2)CC1. The van der Waals surface area contributed by atoms with Crippen molar-refractivity contribution in [3.63, 3.8) is 0 Å². The van der Waals surface area contributed by atoms with Gasteiger partial charge in [-0.25, -0.2) is 0 Å². The van der Waals surface area contributed by atoms with E-state index in [1.54, 1.807) is 0 Å². The first-order valence-electron chi connectivity index (χ1n) is 9.64. The Balaban J connectivity index is 1.70. The third kappa shape index (κ3) is 6.37. The average molecular weight is 418 g/mol. The zero-order valence-electron chi connectivity index (χ0n) is 16.5. The van der Waals surface area contributed by atoms with Gasteiger partial charge in [-0.3, -0.25) is 4.79 Å². The van der Waals surface area contributed by atoms with E-state index in [-0.39, 0.29) is 13.0 Å². The number of carbonyl (C=O) groups is 1. The molecule has 1 saturated heterocycles. The Kier molecular flexibility index (Phi) is 7.38. The van der Waals surface area contributed by atoms with Crippen molar-refractivity contribution < 1.29 is 17.9 Å². The number of piperazine rings is 1. The summed E-state index contributed by atoms with van der Waals surface area (Å²) in [6.07, 6.45) is 0.224. The molecule has 3 rings (SSSR count). The molecule has 156 valence electrons. The molecule has 0 aromatic heterocycles. The standard InChI is InChI=1S/C21H27N3O4S/c1-23-12-14-24(15-13-23)29(26,27)22-20(16-18-8-4-2-5-9-18)21(25)28-17-19-10-6-3-7-11-19/h2-11,20,22H,12-17H2,1H3/t20-/m0/s1. The number of nitrogens with zero attached hydrogens (tertiary/aromatic N) is 2. The summed E-state index contributed by atoms with van der Waals surface area (Å²) in [7, 11) is -1.84. The van der Waals surface area contributed by atoms with Crippen LogP contribution in [0, 0.1) is 0 Å². The number of hydrogen-bond donors (Lipinski definition) is 1. The molecule has 1 N–H and O–H groups in total. The molecular formula is C21H27N3O4S. The van der Waals surface area contributed by atoms with Gasteiger partial charge in [0.05, 0.1) is 0 Å². The number of benzene rings is 2. The van der Waals surface area contributed by atoms with Crippen LogP contribution in [0.1, 0.15) is 11.1 Å². The van der Waals surface area contributed by atoms with Crippen molar-refractivity contribution in [2.75, 3.05) is 33.2 Å². The van der Waals surface area contributed by atoms with Gasteiger partial charge in [0.2, 0.25) is 0 Å². The molecule has 29 heavy (non-hydrogen) atoms. The minimum Gasteiger partial charge on any atom is -0.460 e. The number of nitrogens with one attached hydrogen (secondary N) is 1. The van der Waals surface area contributed by atoms with Crippen molar-refractivity contribution in [1.29, 1.82) is 0 Å². The van der Waals surface area contributed by atoms with E-state index in [4.69, 9.17) is 4.74 Å². The third-order valence-corrected chi connectivity index (χ3v) is 6.51. The first-order chi connectivity index (χ1) is 13.9. The molecule has 1 aliphatic heterocycles. The molecule has 1 aliphatic rings. The Bertz CT molecular complexity index is 883. The summed E-state index contributed by atoms with van der Waals surface area (Å²) in [4.78, 5) is 14.8. The highest BCUT2D eigenvalue weighted by Crippen LogP contribution is 2.11. The molecule has 8 heteroatoms. The molecule has 1 atom stereocenters. The van der Waals surface area contributed by atoms with Gasteiger partial charge < -0.3 is 9.64 Å². The maximum atomic E-state index is 12.9. The Morgan fingerprint density at radius 2 is 1.52 bits per heavy atom. The molecule has 0 spiro atoms. The molecule has 7 nitrogen and oxygen atoms in total. The monoisotopic (exact) mass is 417 g/mol. The summed E-state index contributed by atoms with van der Waals surface area (Å²) in [5.74, 6) is -0.588. The number of rotatable bonds is 8. The van der Waals surface area contributed by atoms with Crippen LogP contribution in [0.15, 0.2) is 60.7 Å². The molecule has 0 radical (unpaired) electrons. The highest BCUT2D eigenvalue weighted by Gasteiger charge is 2.31. The Morgan fingerprint density at radius 1 is 0.966 bits per heavy atom. The van der Waals surface area contributed by atoms with Crippen LogP contribution in [0.25, 0.3) is 0 Å². The van der Waals surface area contributed by atoms with Gasteiger partial charge in [0, 0.05) is 26.2 Å². The number of esters is 1. The summed E-state index contributed by atoms with van der Waals surface area (Å²) < 4.78 is 35.1. The van der Waals surface area contributed by atoms with Crippen LogP contribution >= 0.6 is 0 Å². The van der Waals surface area contributed by atoms with Gasteiger partial charge in [-0.15, -0.1) is 0 Å². The maximum absolute atomic E-state index is 12.9. The largest absolute Gasteiger partial charge is 0.460 e. The lowest BCUT2D eigenvalue weighted by Gasteiger charge is -2.32. The predicted octanol–water partition coefficient (Wildman–Crippen LogP) is 1.42. The summed E-state index contributed by atoms with van der Waals surface area (Å²) in [6.45, 7) is 2.19. The maximum Gasteiger partial charge on any atom is 0.324 e.